The van der Waals surface area contributed by atoms with Crippen molar-refractivity contribution in [1.82, 2.24) is 5.01 Å². The Morgan fingerprint density at radius 3 is 2.38 bits per heavy atom. The van der Waals surface area contributed by atoms with Crippen LogP contribution in [0.15, 0.2) is 57.4 Å². The second-order valence-corrected chi connectivity index (χ2v) is 7.44. The first kappa shape index (κ1) is 18.2. The molecule has 3 rings (SSSR count). The first-order chi connectivity index (χ1) is 12.4. The van der Waals surface area contributed by atoms with E-state index in [9.17, 15) is 9.59 Å². The quantitative estimate of drug-likeness (QED) is 0.888. The Kier molecular flexibility index (Phi) is 5.42. The van der Waals surface area contributed by atoms with Crippen molar-refractivity contribution in [3.8, 4) is 0 Å². The van der Waals surface area contributed by atoms with Crippen molar-refractivity contribution >= 4 is 35.0 Å². The summed E-state index contributed by atoms with van der Waals surface area (Å²) < 4.78 is 0. The number of amides is 2. The van der Waals surface area contributed by atoms with Crippen molar-refractivity contribution in [3.63, 3.8) is 0 Å². The molecule has 0 atom stereocenters. The molecule has 2 aromatic rings. The molecule has 2 amide bonds. The van der Waals surface area contributed by atoms with Gasteiger partial charge < -0.3 is 5.32 Å². The van der Waals surface area contributed by atoms with Gasteiger partial charge in [-0.15, -0.1) is 0 Å². The summed E-state index contributed by atoms with van der Waals surface area (Å²) in [7, 11) is 1.56. The smallest absolute Gasteiger partial charge is 0.271 e. The third-order valence-corrected chi connectivity index (χ3v) is 5.29. The number of carbonyl (C=O) groups excluding carboxylic acids is 2. The molecule has 0 unspecified atom stereocenters. The molecule has 1 heterocycles. The van der Waals surface area contributed by atoms with Crippen molar-refractivity contribution in [2.45, 2.75) is 36.5 Å². The lowest BCUT2D eigenvalue weighted by Crippen LogP contribution is -2.34. The summed E-state index contributed by atoms with van der Waals surface area (Å²) in [5.41, 5.74) is 3.64. The topological polar surface area (TPSA) is 61.8 Å². The Labute approximate surface area is 157 Å². The minimum absolute atomic E-state index is 0.0747. The number of hydrazone groups is 1. The molecule has 1 aliphatic rings. The van der Waals surface area contributed by atoms with Crippen molar-refractivity contribution in [3.05, 3.63) is 53.6 Å². The zero-order valence-electron chi connectivity index (χ0n) is 15.1. The molecule has 134 valence electrons. The maximum atomic E-state index is 12.3. The molecule has 26 heavy (non-hydrogen) atoms. The molecule has 0 radical (unpaired) electrons. The number of carbonyl (C=O) groups is 2. The van der Waals surface area contributed by atoms with Gasteiger partial charge in [-0.25, -0.2) is 5.01 Å². The van der Waals surface area contributed by atoms with Crippen LogP contribution in [0.1, 0.15) is 24.0 Å². The second kappa shape index (κ2) is 7.74. The molecular formula is C20H21N3O2S. The lowest BCUT2D eigenvalue weighted by atomic mass is 10.1. The van der Waals surface area contributed by atoms with E-state index in [-0.39, 0.29) is 11.8 Å². The lowest BCUT2D eigenvalue weighted by Gasteiger charge is -2.18. The van der Waals surface area contributed by atoms with Crippen molar-refractivity contribution in [2.24, 2.45) is 5.10 Å². The van der Waals surface area contributed by atoms with Gasteiger partial charge >= 0.3 is 0 Å². The number of anilines is 1. The number of aryl methyl sites for hydroxylation is 2. The number of benzene rings is 2. The van der Waals surface area contributed by atoms with Crippen molar-refractivity contribution in [2.75, 3.05) is 12.4 Å². The van der Waals surface area contributed by atoms with Gasteiger partial charge in [-0.3, -0.25) is 9.59 Å². The largest absolute Gasteiger partial charge is 0.321 e. The molecule has 0 bridgehead atoms. The summed E-state index contributed by atoms with van der Waals surface area (Å²) in [6.07, 6.45) is 0.685. The Bertz CT molecular complexity index is 875. The van der Waals surface area contributed by atoms with Crippen LogP contribution < -0.4 is 5.32 Å². The molecule has 1 aliphatic heterocycles. The first-order valence-corrected chi connectivity index (χ1v) is 9.24. The van der Waals surface area contributed by atoms with Crippen molar-refractivity contribution < 1.29 is 9.59 Å². The van der Waals surface area contributed by atoms with Gasteiger partial charge in [0.2, 0.25) is 5.91 Å². The maximum absolute atomic E-state index is 12.3. The second-order valence-electron chi connectivity index (χ2n) is 6.29. The zero-order valence-corrected chi connectivity index (χ0v) is 15.9. The minimum atomic E-state index is -0.265. The Balaban J connectivity index is 1.64. The average Bonchev–Trinajstić information content (AvgIpc) is 2.62. The van der Waals surface area contributed by atoms with Crippen LogP contribution in [0, 0.1) is 13.8 Å². The summed E-state index contributed by atoms with van der Waals surface area (Å²) in [4.78, 5) is 26.0. The molecule has 1 N–H and O–H groups in total. The molecule has 0 fully saturated rings. The molecule has 6 heteroatoms. The van der Waals surface area contributed by atoms with Crippen molar-refractivity contribution in [1.29, 1.82) is 0 Å². The van der Waals surface area contributed by atoms with Crippen LogP contribution in [0.4, 0.5) is 5.69 Å². The summed E-state index contributed by atoms with van der Waals surface area (Å²) in [5, 5.41) is 8.09. The predicted molar refractivity (Wildman–Crippen MR) is 105 cm³/mol. The minimum Gasteiger partial charge on any atom is -0.321 e. The molecule has 2 aromatic carbocycles. The molecule has 0 saturated heterocycles. The van der Waals surface area contributed by atoms with Crippen LogP contribution in [0.2, 0.25) is 0 Å². The number of rotatable bonds is 4. The molecular weight excluding hydrogens is 346 g/mol. The molecule has 0 aromatic heterocycles. The Morgan fingerprint density at radius 2 is 1.73 bits per heavy atom. The molecule has 0 saturated carbocycles. The van der Waals surface area contributed by atoms with Gasteiger partial charge in [-0.2, -0.15) is 5.10 Å². The van der Waals surface area contributed by atoms with E-state index in [1.54, 1.807) is 18.8 Å². The Morgan fingerprint density at radius 1 is 1.04 bits per heavy atom. The predicted octanol–water partition coefficient (Wildman–Crippen LogP) is 4.00. The molecule has 5 nitrogen and oxygen atoms in total. The van der Waals surface area contributed by atoms with Gasteiger partial charge in [0.25, 0.3) is 5.91 Å². The van der Waals surface area contributed by atoms with Crippen LogP contribution in [0.3, 0.4) is 0 Å². The summed E-state index contributed by atoms with van der Waals surface area (Å²) in [6, 6.07) is 14.1. The van der Waals surface area contributed by atoms with E-state index >= 15 is 0 Å². The lowest BCUT2D eigenvalue weighted by molar-refractivity contribution is -0.130. The average molecular weight is 367 g/mol. The third kappa shape index (κ3) is 4.32. The van der Waals surface area contributed by atoms with Gasteiger partial charge in [0.05, 0.1) is 0 Å². The SMILES string of the molecule is Cc1ccc(Sc2ccc(NC(=O)C3=NN(C)C(=O)CC3)cc2)cc1C. The first-order valence-electron chi connectivity index (χ1n) is 8.43. The fraction of sp³-hybridized carbons (Fsp3) is 0.250. The fourth-order valence-electron chi connectivity index (χ4n) is 2.56. The highest BCUT2D eigenvalue weighted by atomic mass is 32.2. The summed E-state index contributed by atoms with van der Waals surface area (Å²) in [5.74, 6) is -0.340. The van der Waals surface area contributed by atoms with Crippen LogP contribution in [0.5, 0.6) is 0 Å². The van der Waals surface area contributed by atoms with E-state index in [1.807, 2.05) is 24.3 Å². The summed E-state index contributed by atoms with van der Waals surface area (Å²) in [6.45, 7) is 4.21. The standard InChI is InChI=1S/C20H21N3O2S/c1-13-4-7-17(12-14(13)2)26-16-8-5-15(6-9-16)21-20(25)18-10-11-19(24)23(3)22-18/h4-9,12H,10-11H2,1-3H3,(H,21,25). The molecule has 0 aliphatic carbocycles. The van der Waals surface area contributed by atoms with Crippen LogP contribution in [-0.4, -0.2) is 29.6 Å². The maximum Gasteiger partial charge on any atom is 0.271 e. The highest BCUT2D eigenvalue weighted by molar-refractivity contribution is 7.99. The van der Waals surface area contributed by atoms with Crippen LogP contribution >= 0.6 is 11.8 Å². The number of nitrogens with zero attached hydrogens (tertiary/aromatic N) is 2. The van der Waals surface area contributed by atoms with E-state index in [2.05, 4.69) is 42.5 Å². The van der Waals surface area contributed by atoms with Crippen LogP contribution in [-0.2, 0) is 9.59 Å². The number of hydrogen-bond acceptors (Lipinski definition) is 4. The highest BCUT2D eigenvalue weighted by Gasteiger charge is 2.21. The number of hydrogen-bond donors (Lipinski definition) is 1. The normalized spacial score (nSPS) is 14.2. The van der Waals surface area contributed by atoms with E-state index in [4.69, 9.17) is 0 Å². The Hall–Kier alpha value is -2.60. The monoisotopic (exact) mass is 367 g/mol. The van der Waals surface area contributed by atoms with E-state index < -0.39 is 0 Å². The van der Waals surface area contributed by atoms with E-state index in [1.165, 1.54) is 21.0 Å². The van der Waals surface area contributed by atoms with Gasteiger partial charge in [-0.1, -0.05) is 17.8 Å². The third-order valence-electron chi connectivity index (χ3n) is 4.30. The van der Waals surface area contributed by atoms with Gasteiger partial charge in [0, 0.05) is 35.4 Å². The van der Waals surface area contributed by atoms with E-state index in [0.717, 1.165) is 4.90 Å². The van der Waals surface area contributed by atoms with Gasteiger partial charge in [-0.05, 0) is 61.4 Å². The summed E-state index contributed by atoms with van der Waals surface area (Å²) >= 11 is 1.69. The molecule has 0 spiro atoms. The zero-order chi connectivity index (χ0) is 18.7. The fourth-order valence-corrected chi connectivity index (χ4v) is 3.47. The highest BCUT2D eigenvalue weighted by Crippen LogP contribution is 2.29. The van der Waals surface area contributed by atoms with Crippen LogP contribution in [0.25, 0.3) is 0 Å². The van der Waals surface area contributed by atoms with Gasteiger partial charge in [0.1, 0.15) is 5.71 Å². The number of nitrogens with one attached hydrogen (secondary N) is 1. The van der Waals surface area contributed by atoms with E-state index in [0.29, 0.717) is 24.2 Å². The van der Waals surface area contributed by atoms with Gasteiger partial charge in [0.15, 0.2) is 0 Å².